The Morgan fingerprint density at radius 2 is 1.85 bits per heavy atom. The smallest absolute Gasteiger partial charge is 0.445 e. The van der Waals surface area contributed by atoms with Crippen molar-refractivity contribution in [3.8, 4) is 17.0 Å². The Balaban J connectivity index is 1.32. The molecule has 1 amide bonds. The van der Waals surface area contributed by atoms with E-state index in [4.69, 9.17) is 4.74 Å². The number of alkyl carbamates (subject to hydrolysis) is 1. The molecule has 1 aliphatic heterocycles. The van der Waals surface area contributed by atoms with Crippen molar-refractivity contribution in [1.82, 2.24) is 15.3 Å². The molecule has 0 spiro atoms. The average Bonchev–Trinajstić information content (AvgIpc) is 2.76. The zero-order chi connectivity index (χ0) is 23.4. The van der Waals surface area contributed by atoms with Crippen molar-refractivity contribution in [2.24, 2.45) is 0 Å². The van der Waals surface area contributed by atoms with Crippen molar-refractivity contribution in [1.29, 1.82) is 0 Å². The Labute approximate surface area is 186 Å². The second kappa shape index (κ2) is 9.31. The number of rotatable bonds is 6. The second-order valence-electron chi connectivity index (χ2n) is 7.26. The summed E-state index contributed by atoms with van der Waals surface area (Å²) >= 11 is 0. The van der Waals surface area contributed by atoms with E-state index in [1.54, 1.807) is 6.07 Å². The number of nitrogens with one attached hydrogen (secondary N) is 1. The third-order valence-corrected chi connectivity index (χ3v) is 4.85. The van der Waals surface area contributed by atoms with Crippen molar-refractivity contribution in [3.05, 3.63) is 72.3 Å². The number of benzene rings is 2. The average molecular weight is 462 g/mol. The van der Waals surface area contributed by atoms with Crippen molar-refractivity contribution in [2.45, 2.75) is 19.0 Å². The first-order valence-corrected chi connectivity index (χ1v) is 9.87. The van der Waals surface area contributed by atoms with Gasteiger partial charge >= 0.3 is 12.5 Å². The van der Waals surface area contributed by atoms with Gasteiger partial charge in [0.05, 0.1) is 11.7 Å². The van der Waals surface area contributed by atoms with Gasteiger partial charge in [0.2, 0.25) is 0 Å². The molecule has 11 heteroatoms. The van der Waals surface area contributed by atoms with Crippen LogP contribution in [0.1, 0.15) is 5.56 Å². The number of aromatic nitrogens is 2. The van der Waals surface area contributed by atoms with Gasteiger partial charge in [-0.15, -0.1) is 13.2 Å². The highest BCUT2D eigenvalue weighted by atomic mass is 19.4. The quantitative estimate of drug-likeness (QED) is 0.551. The van der Waals surface area contributed by atoms with E-state index in [2.05, 4.69) is 20.0 Å². The molecule has 4 rings (SSSR count). The lowest BCUT2D eigenvalue weighted by Gasteiger charge is -2.40. The Morgan fingerprint density at radius 1 is 1.09 bits per heavy atom. The molecule has 7 nitrogen and oxygen atoms in total. The van der Waals surface area contributed by atoms with Crippen LogP contribution in [-0.4, -0.2) is 41.6 Å². The molecule has 0 radical (unpaired) electrons. The van der Waals surface area contributed by atoms with E-state index in [1.165, 1.54) is 12.4 Å². The molecule has 2 heterocycles. The standard InChI is InChI=1S/C22H18F4N4O3/c23-17-8-15(6-7-19(17)33-22(24,25)26)18-9-20(28-13-27-18)30-10-16(11-30)29-21(31)32-12-14-4-2-1-3-5-14/h1-9,13,16H,10-12H2,(H,29,31). The molecule has 0 atom stereocenters. The van der Waals surface area contributed by atoms with Gasteiger partial charge in [0.25, 0.3) is 0 Å². The van der Waals surface area contributed by atoms with Crippen LogP contribution in [0.5, 0.6) is 5.75 Å². The number of amides is 1. The highest BCUT2D eigenvalue weighted by Crippen LogP contribution is 2.30. The first kappa shape index (κ1) is 22.3. The number of nitrogens with zero attached hydrogens (tertiary/aromatic N) is 3. The topological polar surface area (TPSA) is 76.6 Å². The normalized spacial score (nSPS) is 13.9. The van der Waals surface area contributed by atoms with Crippen LogP contribution in [0.15, 0.2) is 60.9 Å². The van der Waals surface area contributed by atoms with Crippen LogP contribution >= 0.6 is 0 Å². The van der Waals surface area contributed by atoms with Crippen LogP contribution in [-0.2, 0) is 11.3 Å². The number of ether oxygens (including phenoxy) is 2. The molecule has 3 aromatic rings. The van der Waals surface area contributed by atoms with Crippen LogP contribution in [0.3, 0.4) is 0 Å². The Hall–Kier alpha value is -3.89. The molecule has 0 bridgehead atoms. The van der Waals surface area contributed by atoms with Gasteiger partial charge in [-0.25, -0.2) is 19.2 Å². The first-order chi connectivity index (χ1) is 15.8. The Morgan fingerprint density at radius 3 is 2.55 bits per heavy atom. The van der Waals surface area contributed by atoms with Gasteiger partial charge in [-0.2, -0.15) is 0 Å². The van der Waals surface area contributed by atoms with Crippen molar-refractivity contribution in [2.75, 3.05) is 18.0 Å². The predicted octanol–water partition coefficient (Wildman–Crippen LogP) is 4.30. The van der Waals surface area contributed by atoms with Gasteiger partial charge in [0.15, 0.2) is 11.6 Å². The van der Waals surface area contributed by atoms with Gasteiger partial charge in [-0.3, -0.25) is 0 Å². The number of carbonyl (C=O) groups is 1. The van der Waals surface area contributed by atoms with Crippen molar-refractivity contribution < 1.29 is 31.8 Å². The summed E-state index contributed by atoms with van der Waals surface area (Å²) < 4.78 is 59.8. The molecule has 2 aromatic carbocycles. The number of hydrogen-bond donors (Lipinski definition) is 1. The van der Waals surface area contributed by atoms with Gasteiger partial charge in [0.1, 0.15) is 18.8 Å². The minimum atomic E-state index is -4.99. The molecule has 0 unspecified atom stereocenters. The molecule has 0 aliphatic carbocycles. The molecule has 1 saturated heterocycles. The van der Waals surface area contributed by atoms with Crippen LogP contribution in [0.4, 0.5) is 28.2 Å². The highest BCUT2D eigenvalue weighted by molar-refractivity contribution is 5.69. The molecule has 0 saturated carbocycles. The minimum Gasteiger partial charge on any atom is -0.445 e. The van der Waals surface area contributed by atoms with E-state index in [0.717, 1.165) is 17.7 Å². The fourth-order valence-corrected chi connectivity index (χ4v) is 3.23. The van der Waals surface area contributed by atoms with Crippen molar-refractivity contribution in [3.63, 3.8) is 0 Å². The first-order valence-electron chi connectivity index (χ1n) is 9.87. The zero-order valence-electron chi connectivity index (χ0n) is 17.1. The summed E-state index contributed by atoms with van der Waals surface area (Å²) in [5, 5.41) is 2.76. The summed E-state index contributed by atoms with van der Waals surface area (Å²) in [6.07, 6.45) is -4.23. The number of hydrogen-bond acceptors (Lipinski definition) is 6. The van der Waals surface area contributed by atoms with Gasteiger partial charge in [0, 0.05) is 24.7 Å². The maximum Gasteiger partial charge on any atom is 0.573 e. The lowest BCUT2D eigenvalue weighted by atomic mass is 10.1. The summed E-state index contributed by atoms with van der Waals surface area (Å²) in [4.78, 5) is 22.0. The largest absolute Gasteiger partial charge is 0.573 e. The summed E-state index contributed by atoms with van der Waals surface area (Å²) in [6, 6.07) is 13.8. The Kier molecular flexibility index (Phi) is 6.29. The van der Waals surface area contributed by atoms with E-state index in [9.17, 15) is 22.4 Å². The van der Waals surface area contributed by atoms with E-state index >= 15 is 0 Å². The van der Waals surface area contributed by atoms with Gasteiger partial charge in [-0.05, 0) is 23.8 Å². The lowest BCUT2D eigenvalue weighted by molar-refractivity contribution is -0.275. The van der Waals surface area contributed by atoms with E-state index in [0.29, 0.717) is 24.6 Å². The van der Waals surface area contributed by atoms with Crippen molar-refractivity contribution >= 4 is 11.9 Å². The SMILES string of the molecule is O=C(NC1CN(c2cc(-c3ccc(OC(F)(F)F)c(F)c3)ncn2)C1)OCc1ccccc1. The maximum atomic E-state index is 14.0. The number of anilines is 1. The molecule has 1 aliphatic rings. The third kappa shape index (κ3) is 5.88. The summed E-state index contributed by atoms with van der Waals surface area (Å²) in [5.74, 6) is -1.55. The molecular weight excluding hydrogens is 444 g/mol. The molecule has 33 heavy (non-hydrogen) atoms. The predicted molar refractivity (Wildman–Crippen MR) is 110 cm³/mol. The third-order valence-electron chi connectivity index (χ3n) is 4.85. The Bertz CT molecular complexity index is 1120. The van der Waals surface area contributed by atoms with Gasteiger partial charge in [-0.1, -0.05) is 30.3 Å². The fourth-order valence-electron chi connectivity index (χ4n) is 3.23. The van der Waals surface area contributed by atoms with E-state index in [1.807, 2.05) is 35.2 Å². The second-order valence-corrected chi connectivity index (χ2v) is 7.26. The number of alkyl halides is 3. The fraction of sp³-hybridized carbons (Fsp3) is 0.227. The highest BCUT2D eigenvalue weighted by Gasteiger charge is 2.32. The van der Waals surface area contributed by atoms with E-state index in [-0.39, 0.29) is 18.2 Å². The monoisotopic (exact) mass is 462 g/mol. The number of carbonyl (C=O) groups excluding carboxylic acids is 1. The van der Waals surface area contributed by atoms with Crippen LogP contribution in [0.25, 0.3) is 11.3 Å². The summed E-state index contributed by atoms with van der Waals surface area (Å²) in [6.45, 7) is 1.12. The lowest BCUT2D eigenvalue weighted by Crippen LogP contribution is -2.59. The van der Waals surface area contributed by atoms with Crippen LogP contribution in [0, 0.1) is 5.82 Å². The molecular formula is C22H18F4N4O3. The van der Waals surface area contributed by atoms with Crippen LogP contribution < -0.4 is 15.0 Å². The minimum absolute atomic E-state index is 0.136. The molecule has 1 aromatic heterocycles. The van der Waals surface area contributed by atoms with Crippen LogP contribution in [0.2, 0.25) is 0 Å². The molecule has 172 valence electrons. The summed E-state index contributed by atoms with van der Waals surface area (Å²) in [5.41, 5.74) is 1.48. The van der Waals surface area contributed by atoms with Gasteiger partial charge < -0.3 is 19.7 Å². The van der Waals surface area contributed by atoms with E-state index < -0.39 is 24.0 Å². The zero-order valence-corrected chi connectivity index (χ0v) is 17.1. The number of halogens is 4. The summed E-state index contributed by atoms with van der Waals surface area (Å²) in [7, 11) is 0. The molecule has 1 N–H and O–H groups in total. The molecule has 1 fully saturated rings. The maximum absolute atomic E-state index is 14.0.